The molecule has 0 spiro atoms. The molecule has 19 heavy (non-hydrogen) atoms. The Hall–Kier alpha value is -0.710. The molecule has 0 aliphatic carbocycles. The van der Waals surface area contributed by atoms with E-state index in [2.05, 4.69) is 0 Å². The number of ether oxygens (including phenoxy) is 1. The second-order valence-electron chi connectivity index (χ2n) is 5.83. The molecule has 1 amide bonds. The summed E-state index contributed by atoms with van der Waals surface area (Å²) in [6.07, 6.45) is 3.84. The minimum atomic E-state index is -0.425. The lowest BCUT2D eigenvalue weighted by Gasteiger charge is -2.26. The Bertz CT molecular complexity index is 306. The van der Waals surface area contributed by atoms with Crippen LogP contribution < -0.4 is 0 Å². The summed E-state index contributed by atoms with van der Waals surface area (Å²) < 4.78 is 5.21. The molecule has 110 valence electrons. The first kappa shape index (κ1) is 16.3. The summed E-state index contributed by atoms with van der Waals surface area (Å²) in [6.45, 7) is 7.37. The lowest BCUT2D eigenvalue weighted by Crippen LogP contribution is -2.36. The molecule has 4 nitrogen and oxygen atoms in total. The number of carbonyl (C=O) groups is 2. The summed E-state index contributed by atoms with van der Waals surface area (Å²) in [5.74, 6) is 1.14. The van der Waals surface area contributed by atoms with E-state index in [4.69, 9.17) is 4.74 Å². The SMILES string of the molecule is CC(C)(C)OC(=O)CCSCC(=O)N1CCCCC1. The van der Waals surface area contributed by atoms with Crippen LogP contribution in [-0.2, 0) is 14.3 Å². The summed E-state index contributed by atoms with van der Waals surface area (Å²) in [6, 6.07) is 0. The van der Waals surface area contributed by atoms with Crippen molar-refractivity contribution in [3.63, 3.8) is 0 Å². The Balaban J connectivity index is 2.10. The molecule has 1 rings (SSSR count). The molecule has 0 unspecified atom stereocenters. The molecule has 0 aromatic rings. The molecule has 0 bridgehead atoms. The van der Waals surface area contributed by atoms with Gasteiger partial charge in [0.15, 0.2) is 0 Å². The van der Waals surface area contributed by atoms with Gasteiger partial charge in [-0.05, 0) is 40.0 Å². The van der Waals surface area contributed by atoms with Crippen LogP contribution in [0.2, 0.25) is 0 Å². The Kier molecular flexibility index (Phi) is 6.69. The van der Waals surface area contributed by atoms with E-state index in [9.17, 15) is 9.59 Å². The lowest BCUT2D eigenvalue weighted by atomic mass is 10.1. The number of piperidine rings is 1. The van der Waals surface area contributed by atoms with Gasteiger partial charge in [0.25, 0.3) is 0 Å². The minimum Gasteiger partial charge on any atom is -0.460 e. The zero-order chi connectivity index (χ0) is 14.3. The molecular weight excluding hydrogens is 262 g/mol. The highest BCUT2D eigenvalue weighted by Crippen LogP contribution is 2.13. The summed E-state index contributed by atoms with van der Waals surface area (Å²) in [5.41, 5.74) is -0.425. The third-order valence-corrected chi connectivity index (χ3v) is 3.75. The molecule has 5 heteroatoms. The number of likely N-dealkylation sites (tertiary alicyclic amines) is 1. The van der Waals surface area contributed by atoms with Gasteiger partial charge >= 0.3 is 5.97 Å². The Morgan fingerprint density at radius 3 is 2.37 bits per heavy atom. The van der Waals surface area contributed by atoms with Crippen molar-refractivity contribution in [1.29, 1.82) is 0 Å². The van der Waals surface area contributed by atoms with Crippen LogP contribution in [0.15, 0.2) is 0 Å². The third-order valence-electron chi connectivity index (χ3n) is 2.80. The molecule has 0 aromatic heterocycles. The van der Waals surface area contributed by atoms with Crippen molar-refractivity contribution >= 4 is 23.6 Å². The zero-order valence-electron chi connectivity index (χ0n) is 12.2. The second-order valence-corrected chi connectivity index (χ2v) is 6.94. The lowest BCUT2D eigenvalue weighted by molar-refractivity contribution is -0.154. The zero-order valence-corrected chi connectivity index (χ0v) is 13.1. The van der Waals surface area contributed by atoms with Gasteiger partial charge in [0, 0.05) is 18.8 Å². The van der Waals surface area contributed by atoms with E-state index < -0.39 is 5.60 Å². The predicted molar refractivity (Wildman–Crippen MR) is 78.2 cm³/mol. The molecule has 0 aromatic carbocycles. The van der Waals surface area contributed by atoms with E-state index in [-0.39, 0.29) is 11.9 Å². The predicted octanol–water partition coefficient (Wildman–Crippen LogP) is 2.46. The number of nitrogens with zero attached hydrogens (tertiary/aromatic N) is 1. The molecule has 0 saturated carbocycles. The highest BCUT2D eigenvalue weighted by Gasteiger charge is 2.18. The van der Waals surface area contributed by atoms with Gasteiger partial charge in [-0.2, -0.15) is 11.8 Å². The van der Waals surface area contributed by atoms with Crippen molar-refractivity contribution < 1.29 is 14.3 Å². The van der Waals surface area contributed by atoms with Crippen LogP contribution in [0.4, 0.5) is 0 Å². The van der Waals surface area contributed by atoms with Gasteiger partial charge in [0.1, 0.15) is 5.60 Å². The van der Waals surface area contributed by atoms with Crippen LogP contribution in [-0.4, -0.2) is 47.0 Å². The summed E-state index contributed by atoms with van der Waals surface area (Å²) >= 11 is 1.52. The largest absolute Gasteiger partial charge is 0.460 e. The number of thioether (sulfide) groups is 1. The number of esters is 1. The average molecular weight is 287 g/mol. The second kappa shape index (κ2) is 7.78. The normalized spacial score (nSPS) is 16.3. The van der Waals surface area contributed by atoms with Gasteiger partial charge in [-0.1, -0.05) is 0 Å². The molecule has 1 saturated heterocycles. The van der Waals surface area contributed by atoms with Crippen LogP contribution in [0.5, 0.6) is 0 Å². The maximum absolute atomic E-state index is 11.9. The Labute approximate surface area is 120 Å². The molecule has 1 fully saturated rings. The molecular formula is C14H25NO3S. The monoisotopic (exact) mass is 287 g/mol. The van der Waals surface area contributed by atoms with Gasteiger partial charge in [0.2, 0.25) is 5.91 Å². The van der Waals surface area contributed by atoms with Gasteiger partial charge in [-0.15, -0.1) is 0 Å². The quantitative estimate of drug-likeness (QED) is 0.575. The Morgan fingerprint density at radius 2 is 1.79 bits per heavy atom. The first-order valence-electron chi connectivity index (χ1n) is 6.96. The summed E-state index contributed by atoms with van der Waals surface area (Å²) in [5, 5.41) is 0. The fourth-order valence-corrected chi connectivity index (χ4v) is 2.75. The van der Waals surface area contributed by atoms with Crippen molar-refractivity contribution in [2.45, 2.75) is 52.1 Å². The van der Waals surface area contributed by atoms with E-state index in [1.54, 1.807) is 0 Å². The first-order valence-corrected chi connectivity index (χ1v) is 8.11. The van der Waals surface area contributed by atoms with Gasteiger partial charge < -0.3 is 9.64 Å². The topological polar surface area (TPSA) is 46.6 Å². The smallest absolute Gasteiger partial charge is 0.307 e. The van der Waals surface area contributed by atoms with E-state index >= 15 is 0 Å². The molecule has 1 aliphatic heterocycles. The van der Waals surface area contributed by atoms with Crippen molar-refractivity contribution in [3.8, 4) is 0 Å². The maximum Gasteiger partial charge on any atom is 0.307 e. The highest BCUT2D eigenvalue weighted by atomic mass is 32.2. The van der Waals surface area contributed by atoms with E-state index in [1.165, 1.54) is 18.2 Å². The van der Waals surface area contributed by atoms with Gasteiger partial charge in [-0.3, -0.25) is 9.59 Å². The molecule has 0 N–H and O–H groups in total. The first-order chi connectivity index (χ1) is 8.88. The number of hydrogen-bond donors (Lipinski definition) is 0. The van der Waals surface area contributed by atoms with Crippen molar-refractivity contribution in [2.24, 2.45) is 0 Å². The fraction of sp³-hybridized carbons (Fsp3) is 0.857. The van der Waals surface area contributed by atoms with Crippen LogP contribution in [0, 0.1) is 0 Å². The maximum atomic E-state index is 11.9. The Morgan fingerprint density at radius 1 is 1.16 bits per heavy atom. The van der Waals surface area contributed by atoms with Crippen LogP contribution in [0.1, 0.15) is 46.5 Å². The van der Waals surface area contributed by atoms with Crippen molar-refractivity contribution in [2.75, 3.05) is 24.6 Å². The number of hydrogen-bond acceptors (Lipinski definition) is 4. The van der Waals surface area contributed by atoms with Gasteiger partial charge in [-0.25, -0.2) is 0 Å². The number of rotatable bonds is 5. The highest BCUT2D eigenvalue weighted by molar-refractivity contribution is 7.99. The van der Waals surface area contributed by atoms with E-state index in [0.29, 0.717) is 17.9 Å². The summed E-state index contributed by atoms with van der Waals surface area (Å²) in [7, 11) is 0. The molecule has 1 heterocycles. The number of carbonyl (C=O) groups excluding carboxylic acids is 2. The summed E-state index contributed by atoms with van der Waals surface area (Å²) in [4.78, 5) is 25.3. The van der Waals surface area contributed by atoms with Gasteiger partial charge in [0.05, 0.1) is 12.2 Å². The standard InChI is InChI=1S/C14H25NO3S/c1-14(2,3)18-13(17)7-10-19-11-12(16)15-8-5-4-6-9-15/h4-11H2,1-3H3. The molecule has 1 aliphatic rings. The van der Waals surface area contributed by atoms with E-state index in [1.807, 2.05) is 25.7 Å². The molecule has 0 radical (unpaired) electrons. The number of amides is 1. The van der Waals surface area contributed by atoms with Crippen LogP contribution in [0.3, 0.4) is 0 Å². The molecule has 0 atom stereocenters. The third kappa shape index (κ3) is 7.45. The van der Waals surface area contributed by atoms with Crippen molar-refractivity contribution in [3.05, 3.63) is 0 Å². The average Bonchev–Trinajstić information content (AvgIpc) is 2.33. The van der Waals surface area contributed by atoms with E-state index in [0.717, 1.165) is 25.9 Å². The van der Waals surface area contributed by atoms with Crippen LogP contribution in [0.25, 0.3) is 0 Å². The van der Waals surface area contributed by atoms with Crippen LogP contribution >= 0.6 is 11.8 Å². The van der Waals surface area contributed by atoms with Crippen molar-refractivity contribution in [1.82, 2.24) is 4.90 Å². The fourth-order valence-electron chi connectivity index (χ4n) is 1.94. The minimum absolute atomic E-state index is 0.189.